The number of anilines is 1. The average molecular weight is 500 g/mol. The highest BCUT2D eigenvalue weighted by atomic mass is 35.5. The van der Waals surface area contributed by atoms with E-state index in [0.717, 1.165) is 18.2 Å². The number of alkyl halides is 6. The Labute approximate surface area is 187 Å². The molecule has 1 heterocycles. The predicted molar refractivity (Wildman–Crippen MR) is 105 cm³/mol. The fraction of sp³-hybridized carbons (Fsp3) is 0.211. The molecule has 0 saturated carbocycles. The maximum Gasteiger partial charge on any atom is 0.428 e. The van der Waals surface area contributed by atoms with Crippen LogP contribution >= 0.6 is 23.2 Å². The number of carbonyl (C=O) groups excluding carboxylic acids is 1. The summed E-state index contributed by atoms with van der Waals surface area (Å²) >= 11 is 11.7. The number of amides is 1. The van der Waals surface area contributed by atoms with Crippen molar-refractivity contribution in [3.8, 4) is 0 Å². The fourth-order valence-corrected chi connectivity index (χ4v) is 3.41. The summed E-state index contributed by atoms with van der Waals surface area (Å²) in [6, 6.07) is 8.94. The van der Waals surface area contributed by atoms with Crippen molar-refractivity contribution in [1.82, 2.24) is 10.9 Å². The van der Waals surface area contributed by atoms with Gasteiger partial charge in [0.25, 0.3) is 0 Å². The molecule has 1 unspecified atom stereocenters. The number of carbonyl (C=O) groups is 1. The Morgan fingerprint density at radius 3 is 2.28 bits per heavy atom. The van der Waals surface area contributed by atoms with E-state index in [2.05, 4.69) is 10.9 Å². The highest BCUT2D eigenvalue weighted by Crippen LogP contribution is 2.48. The first-order valence-electron chi connectivity index (χ1n) is 8.71. The normalized spacial score (nSPS) is 18.7. The molecule has 172 valence electrons. The van der Waals surface area contributed by atoms with Gasteiger partial charge in [-0.15, -0.1) is 0 Å². The average Bonchev–Trinajstić information content (AvgIpc) is 3.11. The van der Waals surface area contributed by atoms with Gasteiger partial charge in [-0.25, -0.2) is 0 Å². The number of hydrazine groups is 1. The third-order valence-electron chi connectivity index (χ3n) is 4.26. The first-order chi connectivity index (χ1) is 14.8. The van der Waals surface area contributed by atoms with Gasteiger partial charge in [-0.3, -0.25) is 26.0 Å². The topological polar surface area (TPSA) is 62.4 Å². The predicted octanol–water partition coefficient (Wildman–Crippen LogP) is 5.72. The molecule has 32 heavy (non-hydrogen) atoms. The highest BCUT2D eigenvalue weighted by Gasteiger charge is 2.59. The highest BCUT2D eigenvalue weighted by molar-refractivity contribution is 6.34. The molecule has 0 fully saturated rings. The fourth-order valence-electron chi connectivity index (χ4n) is 2.89. The maximum absolute atomic E-state index is 14.0. The molecule has 0 bridgehead atoms. The van der Waals surface area contributed by atoms with Gasteiger partial charge in [0.05, 0.1) is 11.4 Å². The summed E-state index contributed by atoms with van der Waals surface area (Å²) in [6.45, 7) is 0. The van der Waals surface area contributed by atoms with Gasteiger partial charge in [-0.1, -0.05) is 35.3 Å². The number of benzene rings is 2. The zero-order chi connectivity index (χ0) is 23.7. The Morgan fingerprint density at radius 2 is 1.69 bits per heavy atom. The third kappa shape index (κ3) is 5.40. The van der Waals surface area contributed by atoms with E-state index >= 15 is 0 Å². The zero-order valence-corrected chi connectivity index (χ0v) is 17.2. The Morgan fingerprint density at radius 1 is 1.03 bits per heavy atom. The van der Waals surface area contributed by atoms with E-state index in [9.17, 15) is 31.1 Å². The number of halogens is 8. The van der Waals surface area contributed by atoms with Crippen LogP contribution in [0.3, 0.4) is 0 Å². The molecule has 0 aromatic heterocycles. The van der Waals surface area contributed by atoms with Crippen LogP contribution in [-0.4, -0.2) is 18.3 Å². The van der Waals surface area contributed by atoms with Gasteiger partial charge in [0, 0.05) is 21.2 Å². The van der Waals surface area contributed by atoms with E-state index < -0.39 is 30.3 Å². The molecular weight excluding hydrogens is 487 g/mol. The van der Waals surface area contributed by atoms with Crippen LogP contribution < -0.4 is 16.3 Å². The first-order valence-corrected chi connectivity index (χ1v) is 9.47. The van der Waals surface area contributed by atoms with Crippen LogP contribution in [-0.2, 0) is 15.2 Å². The Balaban J connectivity index is 1.88. The van der Waals surface area contributed by atoms with E-state index in [1.54, 1.807) is 0 Å². The number of rotatable bonds is 5. The molecule has 2 aromatic rings. The second kappa shape index (κ2) is 8.72. The van der Waals surface area contributed by atoms with Crippen molar-refractivity contribution in [3.63, 3.8) is 0 Å². The van der Waals surface area contributed by atoms with Crippen LogP contribution in [0.5, 0.6) is 0 Å². The lowest BCUT2D eigenvalue weighted by molar-refractivity contribution is -0.269. The van der Waals surface area contributed by atoms with Gasteiger partial charge in [0.1, 0.15) is 6.42 Å². The lowest BCUT2D eigenvalue weighted by Crippen LogP contribution is -2.42. The molecule has 3 rings (SSSR count). The van der Waals surface area contributed by atoms with E-state index in [4.69, 9.17) is 28.0 Å². The largest absolute Gasteiger partial charge is 0.428 e. The molecule has 1 aliphatic rings. The molecule has 0 spiro atoms. The third-order valence-corrected chi connectivity index (χ3v) is 4.70. The lowest BCUT2D eigenvalue weighted by atomic mass is 9.91. The molecule has 2 aromatic carbocycles. The van der Waals surface area contributed by atoms with Crippen LogP contribution in [0.2, 0.25) is 10.0 Å². The van der Waals surface area contributed by atoms with Crippen molar-refractivity contribution in [1.29, 1.82) is 0 Å². The van der Waals surface area contributed by atoms with Gasteiger partial charge in [0.15, 0.2) is 0 Å². The van der Waals surface area contributed by atoms with Gasteiger partial charge in [-0.2, -0.15) is 26.3 Å². The van der Waals surface area contributed by atoms with Gasteiger partial charge in [-0.05, 0) is 36.4 Å². The zero-order valence-electron chi connectivity index (χ0n) is 15.7. The van der Waals surface area contributed by atoms with Crippen molar-refractivity contribution in [3.05, 3.63) is 69.7 Å². The Kier molecular flexibility index (Phi) is 6.55. The second-order valence-corrected chi connectivity index (χ2v) is 7.57. The van der Waals surface area contributed by atoms with Crippen LogP contribution in [0.15, 0.2) is 48.5 Å². The molecule has 1 aliphatic heterocycles. The van der Waals surface area contributed by atoms with Crippen LogP contribution in [0.4, 0.5) is 32.0 Å². The molecular formula is C19H13Cl2F6N3O2. The second-order valence-electron chi connectivity index (χ2n) is 6.70. The van der Waals surface area contributed by atoms with Crippen molar-refractivity contribution in [2.75, 3.05) is 5.43 Å². The Bertz CT molecular complexity index is 1040. The van der Waals surface area contributed by atoms with Crippen molar-refractivity contribution >= 4 is 40.5 Å². The standard InChI is InChI=1S/C19H13Cl2F6N3O2/c20-12-5-11(6-13(21)7-12)17(19(25,26)27)8-15(30-32-17)10-2-1-3-14(4-10)28-29-16(31)9-18(22,23)24/h1-8,28,30H,9H2,(H,29,31). The quantitative estimate of drug-likeness (QED) is 0.363. The van der Waals surface area contributed by atoms with Crippen molar-refractivity contribution in [2.24, 2.45) is 0 Å². The molecule has 0 radical (unpaired) electrons. The molecule has 13 heteroatoms. The van der Waals surface area contributed by atoms with E-state index in [1.165, 1.54) is 30.3 Å². The summed E-state index contributed by atoms with van der Waals surface area (Å²) in [7, 11) is 0. The minimum absolute atomic E-state index is 0.0256. The van der Waals surface area contributed by atoms with E-state index in [1.807, 2.05) is 5.43 Å². The smallest absolute Gasteiger partial charge is 0.299 e. The summed E-state index contributed by atoms with van der Waals surface area (Å²) < 4.78 is 78.8. The lowest BCUT2D eigenvalue weighted by Gasteiger charge is -2.28. The van der Waals surface area contributed by atoms with Crippen molar-refractivity contribution in [2.45, 2.75) is 24.4 Å². The van der Waals surface area contributed by atoms with Crippen LogP contribution in [0.1, 0.15) is 17.5 Å². The molecule has 5 nitrogen and oxygen atoms in total. The number of hydrogen-bond acceptors (Lipinski definition) is 4. The number of hydroxylamine groups is 1. The van der Waals surface area contributed by atoms with Gasteiger partial charge in [0.2, 0.25) is 11.5 Å². The summed E-state index contributed by atoms with van der Waals surface area (Å²) in [5, 5.41) is -0.0512. The number of nitrogens with one attached hydrogen (secondary N) is 3. The Hall–Kier alpha value is -2.63. The molecule has 0 saturated heterocycles. The van der Waals surface area contributed by atoms with Crippen LogP contribution in [0, 0.1) is 0 Å². The molecule has 0 aliphatic carbocycles. The van der Waals surface area contributed by atoms with E-state index in [-0.39, 0.29) is 32.6 Å². The molecule has 1 amide bonds. The minimum atomic E-state index is -4.91. The molecule has 1 atom stereocenters. The van der Waals surface area contributed by atoms with Gasteiger partial charge >= 0.3 is 12.4 Å². The van der Waals surface area contributed by atoms with Crippen molar-refractivity contribution < 1.29 is 36.0 Å². The summed E-state index contributed by atoms with van der Waals surface area (Å²) in [4.78, 5) is 16.3. The van der Waals surface area contributed by atoms with E-state index in [0.29, 0.717) is 0 Å². The first kappa shape index (κ1) is 24.0. The van der Waals surface area contributed by atoms with Gasteiger partial charge < -0.3 is 0 Å². The SMILES string of the molecule is O=C(CC(F)(F)F)NNc1cccc(C2=CC(c3cc(Cl)cc(Cl)c3)(C(F)(F)F)ON2)c1. The maximum atomic E-state index is 14.0. The minimum Gasteiger partial charge on any atom is -0.299 e. The van der Waals surface area contributed by atoms with Crippen LogP contribution in [0.25, 0.3) is 5.70 Å². The summed E-state index contributed by atoms with van der Waals surface area (Å²) in [5.41, 5.74) is 3.33. The molecule has 3 N–H and O–H groups in total. The monoisotopic (exact) mass is 499 g/mol. The number of hydrogen-bond donors (Lipinski definition) is 3. The summed E-state index contributed by atoms with van der Waals surface area (Å²) in [5.74, 6) is -1.33. The summed E-state index contributed by atoms with van der Waals surface area (Å²) in [6.07, 6.45) is -10.5.